The van der Waals surface area contributed by atoms with E-state index in [0.29, 0.717) is 22.5 Å². The summed E-state index contributed by atoms with van der Waals surface area (Å²) in [6.07, 6.45) is 1.44. The molecule has 33 heavy (non-hydrogen) atoms. The molecule has 0 aliphatic rings. The highest BCUT2D eigenvalue weighted by Crippen LogP contribution is 2.31. The Labute approximate surface area is 196 Å². The minimum atomic E-state index is -0.278. The highest BCUT2D eigenvalue weighted by Gasteiger charge is 2.16. The summed E-state index contributed by atoms with van der Waals surface area (Å²) < 4.78 is 6.86. The molecule has 0 spiro atoms. The van der Waals surface area contributed by atoms with Crippen LogP contribution in [0.15, 0.2) is 65.0 Å². The monoisotopic (exact) mass is 461 g/mol. The Morgan fingerprint density at radius 1 is 1.09 bits per heavy atom. The van der Waals surface area contributed by atoms with Crippen molar-refractivity contribution in [3.8, 4) is 16.9 Å². The summed E-state index contributed by atoms with van der Waals surface area (Å²) in [4.78, 5) is 30.9. The average Bonchev–Trinajstić information content (AvgIpc) is 3.21. The lowest BCUT2D eigenvalue weighted by molar-refractivity contribution is -0.116. The van der Waals surface area contributed by atoms with Crippen LogP contribution < -0.4 is 15.6 Å². The third-order valence-corrected chi connectivity index (χ3v) is 6.27. The van der Waals surface area contributed by atoms with Crippen LogP contribution in [0.5, 0.6) is 5.75 Å². The van der Waals surface area contributed by atoms with Crippen LogP contribution in [0.1, 0.15) is 33.3 Å². The normalized spacial score (nSPS) is 11.5. The minimum absolute atomic E-state index is 0.0402. The fourth-order valence-corrected chi connectivity index (χ4v) is 4.51. The van der Waals surface area contributed by atoms with Crippen LogP contribution in [0.4, 0.5) is 5.69 Å². The second kappa shape index (κ2) is 9.19. The van der Waals surface area contributed by atoms with Crippen LogP contribution in [-0.2, 0) is 16.8 Å². The van der Waals surface area contributed by atoms with Gasteiger partial charge < -0.3 is 10.1 Å². The van der Waals surface area contributed by atoms with Gasteiger partial charge in [-0.2, -0.15) is 0 Å². The van der Waals surface area contributed by atoms with Crippen LogP contribution in [0, 0.1) is 0 Å². The number of nitrogens with one attached hydrogen (secondary N) is 1. The first kappa shape index (κ1) is 22.7. The molecule has 0 fully saturated rings. The summed E-state index contributed by atoms with van der Waals surface area (Å²) in [6, 6.07) is 15.4. The molecule has 4 aromatic rings. The molecular formula is C26H27N3O3S. The molecular weight excluding hydrogens is 434 g/mol. The van der Waals surface area contributed by atoms with Gasteiger partial charge in [0.1, 0.15) is 17.1 Å². The van der Waals surface area contributed by atoms with E-state index in [0.717, 1.165) is 16.9 Å². The maximum Gasteiger partial charge on any atom is 0.263 e. The number of rotatable bonds is 6. The Morgan fingerprint density at radius 3 is 2.42 bits per heavy atom. The largest absolute Gasteiger partial charge is 0.494 e. The van der Waals surface area contributed by atoms with Crippen molar-refractivity contribution in [2.75, 3.05) is 11.9 Å². The predicted molar refractivity (Wildman–Crippen MR) is 134 cm³/mol. The summed E-state index contributed by atoms with van der Waals surface area (Å²) >= 11 is 1.41. The Morgan fingerprint density at radius 2 is 1.79 bits per heavy atom. The molecule has 0 bridgehead atoms. The van der Waals surface area contributed by atoms with Crippen LogP contribution in [0.25, 0.3) is 21.3 Å². The molecule has 2 heterocycles. The van der Waals surface area contributed by atoms with Gasteiger partial charge in [-0.15, -0.1) is 11.3 Å². The van der Waals surface area contributed by atoms with Gasteiger partial charge in [-0.1, -0.05) is 45.0 Å². The van der Waals surface area contributed by atoms with Crippen LogP contribution in [-0.4, -0.2) is 22.1 Å². The summed E-state index contributed by atoms with van der Waals surface area (Å²) in [5.41, 5.74) is 3.40. The number of benzene rings is 2. The standard InChI is InChI=1S/C26H27N3O3S/c1-5-32-20-12-6-17(7-13-20)21-15-33-24-23(21)25(31)29(16-27-24)14-22(30)28-19-10-8-18(9-11-19)26(2,3)4/h6-13,15-16H,5,14H2,1-4H3,(H,28,30). The van der Waals surface area contributed by atoms with E-state index in [4.69, 9.17) is 4.74 Å². The van der Waals surface area contributed by atoms with Crippen molar-refractivity contribution >= 4 is 33.1 Å². The maximum absolute atomic E-state index is 13.2. The first-order valence-electron chi connectivity index (χ1n) is 10.9. The van der Waals surface area contributed by atoms with Gasteiger partial charge in [0, 0.05) is 16.6 Å². The van der Waals surface area contributed by atoms with Crippen molar-refractivity contribution in [2.45, 2.75) is 39.7 Å². The maximum atomic E-state index is 13.2. The lowest BCUT2D eigenvalue weighted by Gasteiger charge is -2.19. The number of anilines is 1. The molecule has 0 aliphatic carbocycles. The molecule has 170 valence electrons. The molecule has 2 aromatic carbocycles. The number of hydrogen-bond donors (Lipinski definition) is 1. The fourth-order valence-electron chi connectivity index (χ4n) is 3.60. The molecule has 6 nitrogen and oxygen atoms in total. The smallest absolute Gasteiger partial charge is 0.263 e. The minimum Gasteiger partial charge on any atom is -0.494 e. The number of fused-ring (bicyclic) bond motifs is 1. The van der Waals surface area contributed by atoms with Gasteiger partial charge in [0.2, 0.25) is 5.91 Å². The molecule has 0 aliphatic heterocycles. The second-order valence-corrected chi connectivity index (χ2v) is 9.70. The molecule has 0 atom stereocenters. The Bertz CT molecular complexity index is 1330. The number of thiophene rings is 1. The first-order valence-corrected chi connectivity index (χ1v) is 11.7. The Balaban J connectivity index is 1.56. The van der Waals surface area contributed by atoms with E-state index in [2.05, 4.69) is 31.1 Å². The van der Waals surface area contributed by atoms with E-state index in [-0.39, 0.29) is 23.4 Å². The number of carbonyl (C=O) groups is 1. The van der Waals surface area contributed by atoms with Gasteiger partial charge in [0.15, 0.2) is 0 Å². The number of aromatic nitrogens is 2. The van der Waals surface area contributed by atoms with Crippen LogP contribution in [0.2, 0.25) is 0 Å². The summed E-state index contributed by atoms with van der Waals surface area (Å²) in [5, 5.41) is 5.31. The van der Waals surface area contributed by atoms with Gasteiger partial charge in [0.05, 0.1) is 18.3 Å². The molecule has 0 radical (unpaired) electrons. The zero-order valence-electron chi connectivity index (χ0n) is 19.2. The SMILES string of the molecule is CCOc1ccc(-c2csc3ncn(CC(=O)Nc4ccc(C(C)(C)C)cc4)c(=O)c23)cc1. The molecule has 0 unspecified atom stereocenters. The number of carbonyl (C=O) groups excluding carboxylic acids is 1. The number of amides is 1. The number of ether oxygens (including phenoxy) is 1. The third kappa shape index (κ3) is 4.98. The highest BCUT2D eigenvalue weighted by molar-refractivity contribution is 7.17. The predicted octanol–water partition coefficient (Wildman–Crippen LogP) is 5.46. The zero-order chi connectivity index (χ0) is 23.6. The van der Waals surface area contributed by atoms with Crippen molar-refractivity contribution < 1.29 is 9.53 Å². The topological polar surface area (TPSA) is 73.2 Å². The van der Waals surface area contributed by atoms with Crippen molar-refractivity contribution in [2.24, 2.45) is 0 Å². The molecule has 1 amide bonds. The van der Waals surface area contributed by atoms with Crippen molar-refractivity contribution in [1.29, 1.82) is 0 Å². The molecule has 7 heteroatoms. The summed E-state index contributed by atoms with van der Waals surface area (Å²) in [7, 11) is 0. The van der Waals surface area contributed by atoms with Gasteiger partial charge in [0.25, 0.3) is 5.56 Å². The highest BCUT2D eigenvalue weighted by atomic mass is 32.1. The van der Waals surface area contributed by atoms with Crippen molar-refractivity contribution in [1.82, 2.24) is 9.55 Å². The van der Waals surface area contributed by atoms with Gasteiger partial charge in [-0.25, -0.2) is 4.98 Å². The van der Waals surface area contributed by atoms with E-state index in [1.165, 1.54) is 27.8 Å². The Kier molecular flexibility index (Phi) is 6.33. The molecule has 1 N–H and O–H groups in total. The van der Waals surface area contributed by atoms with Crippen molar-refractivity contribution in [3.63, 3.8) is 0 Å². The van der Waals surface area contributed by atoms with E-state index >= 15 is 0 Å². The second-order valence-electron chi connectivity index (χ2n) is 8.84. The van der Waals surface area contributed by atoms with E-state index in [9.17, 15) is 9.59 Å². The number of hydrogen-bond acceptors (Lipinski definition) is 5. The summed E-state index contributed by atoms with van der Waals surface area (Å²) in [6.45, 7) is 8.84. The third-order valence-electron chi connectivity index (χ3n) is 5.39. The van der Waals surface area contributed by atoms with E-state index in [1.54, 1.807) is 0 Å². The molecule has 2 aromatic heterocycles. The van der Waals surface area contributed by atoms with Crippen LogP contribution >= 0.6 is 11.3 Å². The van der Waals surface area contributed by atoms with Crippen LogP contribution in [0.3, 0.4) is 0 Å². The number of nitrogens with zero attached hydrogens (tertiary/aromatic N) is 2. The van der Waals surface area contributed by atoms with Gasteiger partial charge in [-0.3, -0.25) is 14.2 Å². The molecule has 4 rings (SSSR count). The molecule has 0 saturated carbocycles. The zero-order valence-corrected chi connectivity index (χ0v) is 20.0. The van der Waals surface area contributed by atoms with E-state index in [1.807, 2.05) is 60.8 Å². The quantitative estimate of drug-likeness (QED) is 0.414. The lowest BCUT2D eigenvalue weighted by atomic mass is 9.87. The summed E-state index contributed by atoms with van der Waals surface area (Å²) in [5.74, 6) is 0.503. The molecule has 0 saturated heterocycles. The van der Waals surface area contributed by atoms with Crippen molar-refractivity contribution in [3.05, 3.63) is 76.2 Å². The fraction of sp³-hybridized carbons (Fsp3) is 0.269. The lowest BCUT2D eigenvalue weighted by Crippen LogP contribution is -2.27. The van der Waals surface area contributed by atoms with E-state index < -0.39 is 0 Å². The van der Waals surface area contributed by atoms with Gasteiger partial charge >= 0.3 is 0 Å². The average molecular weight is 462 g/mol. The Hall–Kier alpha value is -3.45. The first-order chi connectivity index (χ1) is 15.8. The van der Waals surface area contributed by atoms with Gasteiger partial charge in [-0.05, 0) is 47.7 Å².